The zero-order valence-corrected chi connectivity index (χ0v) is 6.44. The van der Waals surface area contributed by atoms with Gasteiger partial charge in [-0.3, -0.25) is 0 Å². The van der Waals surface area contributed by atoms with Crippen LogP contribution in [0.1, 0.15) is 0 Å². The Hall–Kier alpha value is 0.560. The molecule has 0 saturated heterocycles. The van der Waals surface area contributed by atoms with Crippen molar-refractivity contribution in [1.82, 2.24) is 0 Å². The molecule has 0 spiro atoms. The predicted molar refractivity (Wildman–Crippen MR) is 32.3 cm³/mol. The minimum absolute atomic E-state index is 1.69. The van der Waals surface area contributed by atoms with Crippen molar-refractivity contribution in [3.63, 3.8) is 0 Å². The lowest BCUT2D eigenvalue weighted by atomic mass is 13.9. The number of halogens is 4. The standard InChI is InChI=1S/F4H2N2P2S/c1-7(2,5)6-8(3,4)9/h5H2. The maximum Gasteiger partial charge on any atom is 0.388 e. The fraction of sp³-hybridized carbons (Fsp3) is 0. The highest BCUT2D eigenvalue weighted by Gasteiger charge is 2.19. The summed E-state index contributed by atoms with van der Waals surface area (Å²) in [6.45, 7) is -5.15. The van der Waals surface area contributed by atoms with Crippen molar-refractivity contribution in [3.8, 4) is 0 Å². The summed E-state index contributed by atoms with van der Waals surface area (Å²) in [5, 5.41) is 0. The van der Waals surface area contributed by atoms with Gasteiger partial charge in [0, 0.05) is 0 Å². The normalized spacial score (nSPS) is 13.4. The molecule has 0 fully saturated rings. The van der Waals surface area contributed by atoms with Crippen molar-refractivity contribution in [2.24, 2.45) is 10.0 Å². The van der Waals surface area contributed by atoms with Crippen LogP contribution in [-0.2, 0) is 11.8 Å². The minimum atomic E-state index is -5.22. The minimum Gasteiger partial charge on any atom is -0.246 e. The maximum atomic E-state index is 11.4. The molecule has 0 unspecified atom stereocenters. The van der Waals surface area contributed by atoms with Crippen LogP contribution in [0.25, 0.3) is 0 Å². The van der Waals surface area contributed by atoms with Gasteiger partial charge in [0.1, 0.15) is 0 Å². The number of hydrogen-bond acceptors (Lipinski definition) is 1. The first-order chi connectivity index (χ1) is 3.71. The monoisotopic (exact) mass is 200 g/mol. The average molecular weight is 200 g/mol. The van der Waals surface area contributed by atoms with Crippen molar-refractivity contribution in [2.75, 3.05) is 0 Å². The molecule has 0 amide bonds. The van der Waals surface area contributed by atoms with Gasteiger partial charge < -0.3 is 0 Å². The van der Waals surface area contributed by atoms with Crippen LogP contribution in [0.4, 0.5) is 16.8 Å². The van der Waals surface area contributed by atoms with Gasteiger partial charge >= 0.3 is 14.6 Å². The SMILES string of the molecule is NP(F)(F)=NP(F)(F)=S. The third kappa shape index (κ3) is 8.56. The van der Waals surface area contributed by atoms with E-state index >= 15 is 0 Å². The Kier molecular flexibility index (Phi) is 2.83. The maximum absolute atomic E-state index is 11.4. The summed E-state index contributed by atoms with van der Waals surface area (Å²) in [7, 11) is -5.22. The van der Waals surface area contributed by atoms with Gasteiger partial charge in [-0.05, 0) is 11.8 Å². The first kappa shape index (κ1) is 9.56. The second kappa shape index (κ2) is 2.66. The molecule has 56 valence electrons. The van der Waals surface area contributed by atoms with E-state index in [1.807, 2.05) is 0 Å². The molecule has 0 aliphatic rings. The molecule has 0 aromatic heterocycles. The molecule has 0 radical (unpaired) electrons. The Morgan fingerprint density at radius 3 is 1.56 bits per heavy atom. The molecule has 2 N–H and O–H groups in total. The lowest BCUT2D eigenvalue weighted by Gasteiger charge is -1.95. The van der Waals surface area contributed by atoms with Crippen LogP contribution in [0.2, 0.25) is 0 Å². The van der Waals surface area contributed by atoms with E-state index in [-0.39, 0.29) is 0 Å². The molecule has 0 saturated carbocycles. The topological polar surface area (TPSA) is 38.4 Å². The van der Waals surface area contributed by atoms with E-state index in [9.17, 15) is 16.8 Å². The van der Waals surface area contributed by atoms with E-state index in [4.69, 9.17) is 0 Å². The van der Waals surface area contributed by atoms with E-state index in [1.54, 1.807) is 4.52 Å². The molecule has 0 aliphatic carbocycles. The number of nitrogens with zero attached hydrogens (tertiary/aromatic N) is 1. The molecule has 2 nitrogen and oxygen atoms in total. The third-order valence-electron chi connectivity index (χ3n) is 0.223. The molecule has 0 aromatic carbocycles. The highest BCUT2D eigenvalue weighted by Crippen LogP contribution is 2.62. The molecule has 0 aliphatic heterocycles. The summed E-state index contributed by atoms with van der Waals surface area (Å²) >= 11 is 3.31. The van der Waals surface area contributed by atoms with Crippen LogP contribution in [0.15, 0.2) is 4.52 Å². The quantitative estimate of drug-likeness (QED) is 0.521. The first-order valence-electron chi connectivity index (χ1n) is 1.52. The van der Waals surface area contributed by atoms with Gasteiger partial charge in [0.2, 0.25) is 0 Å². The fourth-order valence-corrected chi connectivity index (χ4v) is 2.13. The Labute approximate surface area is 54.1 Å². The van der Waals surface area contributed by atoms with Gasteiger partial charge in [-0.1, -0.05) is 0 Å². The average Bonchev–Trinajstić information content (AvgIpc) is 1.14. The molecule has 0 heterocycles. The van der Waals surface area contributed by atoms with Crippen molar-refractivity contribution >= 4 is 26.4 Å². The molecule has 0 bridgehead atoms. The van der Waals surface area contributed by atoms with Gasteiger partial charge in [0.15, 0.2) is 0 Å². The largest absolute Gasteiger partial charge is 0.388 e. The smallest absolute Gasteiger partial charge is 0.246 e. The van der Waals surface area contributed by atoms with Crippen LogP contribution in [0, 0.1) is 0 Å². The van der Waals surface area contributed by atoms with E-state index < -0.39 is 14.6 Å². The van der Waals surface area contributed by atoms with Gasteiger partial charge in [-0.15, -0.1) is 4.52 Å². The van der Waals surface area contributed by atoms with Crippen LogP contribution in [-0.4, -0.2) is 0 Å². The second-order valence-corrected chi connectivity index (χ2v) is 5.00. The van der Waals surface area contributed by atoms with E-state index in [0.29, 0.717) is 0 Å². The molecule has 9 heteroatoms. The first-order valence-corrected chi connectivity index (χ1v) is 5.65. The summed E-state index contributed by atoms with van der Waals surface area (Å²) in [5.74, 6) is 0. The predicted octanol–water partition coefficient (Wildman–Crippen LogP) is 2.99. The molecule has 0 aromatic rings. The highest BCUT2D eigenvalue weighted by molar-refractivity contribution is 8.09. The molecular formula is H2F4N2P2S. The molecular weight excluding hydrogens is 198 g/mol. The van der Waals surface area contributed by atoms with Crippen LogP contribution in [0.3, 0.4) is 0 Å². The van der Waals surface area contributed by atoms with Gasteiger partial charge in [0.05, 0.1) is 0 Å². The number of rotatable bonds is 1. The summed E-state index contributed by atoms with van der Waals surface area (Å²) in [6.07, 6.45) is 0. The van der Waals surface area contributed by atoms with E-state index in [2.05, 4.69) is 17.3 Å². The Morgan fingerprint density at radius 1 is 1.22 bits per heavy atom. The molecule has 0 rings (SSSR count). The second-order valence-electron chi connectivity index (χ2n) is 1.05. The van der Waals surface area contributed by atoms with Gasteiger partial charge in [-0.2, -0.15) is 16.8 Å². The Morgan fingerprint density at radius 2 is 1.56 bits per heavy atom. The van der Waals surface area contributed by atoms with Gasteiger partial charge in [0.25, 0.3) is 0 Å². The molecule has 9 heavy (non-hydrogen) atoms. The Bertz CT molecular complexity index is 178. The van der Waals surface area contributed by atoms with Crippen molar-refractivity contribution in [2.45, 2.75) is 0 Å². The van der Waals surface area contributed by atoms with E-state index in [1.165, 1.54) is 0 Å². The summed E-state index contributed by atoms with van der Waals surface area (Å²) in [6, 6.07) is 0. The molecule has 0 atom stereocenters. The van der Waals surface area contributed by atoms with E-state index in [0.717, 1.165) is 0 Å². The summed E-state index contributed by atoms with van der Waals surface area (Å²) < 4.78 is 47.4. The number of hydrogen-bond donors (Lipinski definition) is 1. The van der Waals surface area contributed by atoms with Gasteiger partial charge in [-0.25, -0.2) is 5.50 Å². The van der Waals surface area contributed by atoms with Crippen molar-refractivity contribution in [3.05, 3.63) is 0 Å². The third-order valence-corrected chi connectivity index (χ3v) is 2.67. The lowest BCUT2D eigenvalue weighted by molar-refractivity contribution is 0.710. The lowest BCUT2D eigenvalue weighted by Crippen LogP contribution is -1.77. The zero-order valence-electron chi connectivity index (χ0n) is 3.84. The van der Waals surface area contributed by atoms with Crippen LogP contribution < -0.4 is 5.50 Å². The summed E-state index contributed by atoms with van der Waals surface area (Å²) in [4.78, 5) is 0. The summed E-state index contributed by atoms with van der Waals surface area (Å²) in [5.41, 5.74) is 3.91. The van der Waals surface area contributed by atoms with Crippen molar-refractivity contribution < 1.29 is 16.8 Å². The van der Waals surface area contributed by atoms with Crippen molar-refractivity contribution in [1.29, 1.82) is 0 Å². The highest BCUT2D eigenvalue weighted by atomic mass is 32.5. The number of nitrogens with two attached hydrogens (primary N) is 1. The van der Waals surface area contributed by atoms with Crippen LogP contribution >= 0.6 is 14.6 Å². The zero-order chi connectivity index (χ0) is 7.71. The fourth-order valence-electron chi connectivity index (χ4n) is 0.139. The Balaban J connectivity index is 4.53. The van der Waals surface area contributed by atoms with Crippen LogP contribution in [0.5, 0.6) is 0 Å².